The van der Waals surface area contributed by atoms with Crippen LogP contribution in [0.1, 0.15) is 5.56 Å². The summed E-state index contributed by atoms with van der Waals surface area (Å²) in [6.45, 7) is 0.189. The molecule has 80 valence electrons. The quantitative estimate of drug-likeness (QED) is 0.720. The van der Waals surface area contributed by atoms with Gasteiger partial charge in [0, 0.05) is 12.4 Å². The van der Waals surface area contributed by atoms with Crippen LogP contribution in [0.2, 0.25) is 0 Å². The topological polar surface area (TPSA) is 25.4 Å². The van der Waals surface area contributed by atoms with Crippen molar-refractivity contribution < 1.29 is 17.9 Å². The minimum atomic E-state index is -4.35. The second-order valence-corrected chi connectivity index (χ2v) is 2.95. The van der Waals surface area contributed by atoms with Crippen LogP contribution in [0.3, 0.4) is 0 Å². The van der Waals surface area contributed by atoms with Gasteiger partial charge in [-0.25, -0.2) is 4.98 Å². The van der Waals surface area contributed by atoms with E-state index in [2.05, 4.69) is 4.98 Å². The molecule has 0 atom stereocenters. The lowest BCUT2D eigenvalue weighted by molar-refractivity contribution is -0.137. The molecule has 0 aromatic carbocycles. The molecule has 3 nitrogen and oxygen atoms in total. The number of pyridine rings is 1. The van der Waals surface area contributed by atoms with Crippen molar-refractivity contribution >= 4 is 5.82 Å². The van der Waals surface area contributed by atoms with Crippen LogP contribution >= 0.6 is 0 Å². The predicted molar refractivity (Wildman–Crippen MR) is 46.8 cm³/mol. The minimum absolute atomic E-state index is 0.189. The van der Waals surface area contributed by atoms with E-state index in [4.69, 9.17) is 4.74 Å². The van der Waals surface area contributed by atoms with E-state index in [0.717, 1.165) is 18.3 Å². The Kier molecular flexibility index (Phi) is 2.26. The Morgan fingerprint density at radius 3 is 2.80 bits per heavy atom. The van der Waals surface area contributed by atoms with Crippen molar-refractivity contribution in [2.45, 2.75) is 6.18 Å². The fourth-order valence-electron chi connectivity index (χ4n) is 1.18. The first-order valence-corrected chi connectivity index (χ1v) is 4.15. The molecule has 0 spiro atoms. The summed E-state index contributed by atoms with van der Waals surface area (Å²) in [4.78, 5) is 5.31. The predicted octanol–water partition coefficient (Wildman–Crippen LogP) is 2.37. The molecule has 0 unspecified atom stereocenters. The molecule has 1 aromatic heterocycles. The van der Waals surface area contributed by atoms with Gasteiger partial charge in [-0.15, -0.1) is 0 Å². The number of rotatable bonds is 1. The second kappa shape index (κ2) is 3.45. The zero-order valence-electron chi connectivity index (χ0n) is 7.53. The molecule has 2 heterocycles. The third kappa shape index (κ3) is 2.03. The van der Waals surface area contributed by atoms with Crippen molar-refractivity contribution in [3.8, 4) is 0 Å². The molecule has 0 N–H and O–H groups in total. The van der Waals surface area contributed by atoms with Gasteiger partial charge < -0.3 is 4.74 Å². The van der Waals surface area contributed by atoms with Crippen LogP contribution in [0.5, 0.6) is 0 Å². The van der Waals surface area contributed by atoms with Crippen molar-refractivity contribution in [1.82, 2.24) is 4.98 Å². The Hall–Kier alpha value is -1.72. The van der Waals surface area contributed by atoms with E-state index >= 15 is 0 Å². The molecule has 1 aliphatic rings. The molecule has 1 aromatic rings. The summed E-state index contributed by atoms with van der Waals surface area (Å²) >= 11 is 0. The number of nitrogens with zero attached hydrogens (tertiary/aromatic N) is 2. The number of anilines is 1. The Morgan fingerprint density at radius 2 is 2.20 bits per heavy atom. The minimum Gasteiger partial charge on any atom is -0.479 e. The fourth-order valence-corrected chi connectivity index (χ4v) is 1.18. The third-order valence-corrected chi connectivity index (χ3v) is 1.92. The van der Waals surface area contributed by atoms with E-state index in [1.165, 1.54) is 17.4 Å². The van der Waals surface area contributed by atoms with Crippen molar-refractivity contribution in [2.75, 3.05) is 11.6 Å². The summed E-state index contributed by atoms with van der Waals surface area (Å²) in [5.41, 5.74) is -0.715. The van der Waals surface area contributed by atoms with Gasteiger partial charge in [0.1, 0.15) is 12.1 Å². The van der Waals surface area contributed by atoms with Gasteiger partial charge in [0.15, 0.2) is 6.73 Å². The zero-order chi connectivity index (χ0) is 10.9. The summed E-state index contributed by atoms with van der Waals surface area (Å²) in [6.07, 6.45) is -0.281. The lowest BCUT2D eigenvalue weighted by Crippen LogP contribution is -2.16. The number of alkyl halides is 3. The summed E-state index contributed by atoms with van der Waals surface area (Å²) in [6, 6.07) is 1.92. The maximum atomic E-state index is 12.4. The molecule has 6 heteroatoms. The van der Waals surface area contributed by atoms with Crippen LogP contribution in [0.15, 0.2) is 30.8 Å². The van der Waals surface area contributed by atoms with Gasteiger partial charge >= 0.3 is 6.18 Å². The maximum absolute atomic E-state index is 12.4. The smallest absolute Gasteiger partial charge is 0.416 e. The summed E-state index contributed by atoms with van der Waals surface area (Å²) < 4.78 is 41.9. The average molecular weight is 216 g/mol. The molecule has 0 saturated heterocycles. The molecular formula is C9H7F3N2O. The first-order chi connectivity index (χ1) is 7.07. The average Bonchev–Trinajstić information content (AvgIpc) is 2.69. The molecule has 0 aliphatic carbocycles. The highest BCUT2D eigenvalue weighted by atomic mass is 19.4. The Morgan fingerprint density at radius 1 is 1.40 bits per heavy atom. The van der Waals surface area contributed by atoms with Gasteiger partial charge in [0.25, 0.3) is 0 Å². The van der Waals surface area contributed by atoms with Crippen LogP contribution in [0.4, 0.5) is 19.0 Å². The lowest BCUT2D eigenvalue weighted by Gasteiger charge is -2.14. The summed E-state index contributed by atoms with van der Waals surface area (Å²) in [7, 11) is 0. The molecule has 0 radical (unpaired) electrons. The Balaban J connectivity index is 2.30. The fraction of sp³-hybridized carbons (Fsp3) is 0.222. The van der Waals surface area contributed by atoms with Crippen molar-refractivity contribution in [3.05, 3.63) is 36.4 Å². The number of hydrogen-bond donors (Lipinski definition) is 0. The van der Waals surface area contributed by atoms with Crippen LogP contribution < -0.4 is 4.90 Å². The monoisotopic (exact) mass is 216 g/mol. The van der Waals surface area contributed by atoms with E-state index in [-0.39, 0.29) is 12.5 Å². The van der Waals surface area contributed by atoms with E-state index in [0.29, 0.717) is 0 Å². The number of ether oxygens (including phenoxy) is 1. The highest BCUT2D eigenvalue weighted by Gasteiger charge is 2.31. The highest BCUT2D eigenvalue weighted by molar-refractivity contribution is 5.44. The SMILES string of the molecule is FC(F)(F)c1ccnc(N2C=COC2)c1. The molecule has 1 aliphatic heterocycles. The standard InChI is InChI=1S/C9H7F3N2O/c10-9(11,12)7-1-2-13-8(5-7)14-3-4-15-6-14/h1-5H,6H2. The van der Waals surface area contributed by atoms with Crippen LogP contribution in [0.25, 0.3) is 0 Å². The number of aromatic nitrogens is 1. The number of hydrogen-bond acceptors (Lipinski definition) is 3. The van der Waals surface area contributed by atoms with Gasteiger partial charge in [-0.3, -0.25) is 4.90 Å². The van der Waals surface area contributed by atoms with Gasteiger partial charge in [-0.1, -0.05) is 0 Å². The Labute approximate surface area is 83.8 Å². The van der Waals surface area contributed by atoms with Crippen molar-refractivity contribution in [2.24, 2.45) is 0 Å². The van der Waals surface area contributed by atoms with Crippen molar-refractivity contribution in [3.63, 3.8) is 0 Å². The number of halogens is 3. The first-order valence-electron chi connectivity index (χ1n) is 4.15. The zero-order valence-corrected chi connectivity index (χ0v) is 7.53. The Bertz CT molecular complexity index is 389. The van der Waals surface area contributed by atoms with E-state index in [9.17, 15) is 13.2 Å². The molecule has 0 fully saturated rings. The summed E-state index contributed by atoms with van der Waals surface area (Å²) in [5, 5.41) is 0. The van der Waals surface area contributed by atoms with Gasteiger partial charge in [0.2, 0.25) is 0 Å². The lowest BCUT2D eigenvalue weighted by atomic mass is 10.2. The normalized spacial score (nSPS) is 15.5. The molecular weight excluding hydrogens is 209 g/mol. The van der Waals surface area contributed by atoms with Gasteiger partial charge in [-0.2, -0.15) is 13.2 Å². The molecule has 0 bridgehead atoms. The van der Waals surface area contributed by atoms with E-state index in [1.54, 1.807) is 0 Å². The van der Waals surface area contributed by atoms with Crippen LogP contribution in [-0.4, -0.2) is 11.7 Å². The maximum Gasteiger partial charge on any atom is 0.416 e. The molecule has 15 heavy (non-hydrogen) atoms. The van der Waals surface area contributed by atoms with Gasteiger partial charge in [0.05, 0.1) is 5.56 Å². The molecule has 0 saturated carbocycles. The van der Waals surface area contributed by atoms with E-state index < -0.39 is 11.7 Å². The van der Waals surface area contributed by atoms with E-state index in [1.807, 2.05) is 0 Å². The van der Waals surface area contributed by atoms with Crippen LogP contribution in [0, 0.1) is 0 Å². The van der Waals surface area contributed by atoms with Gasteiger partial charge in [-0.05, 0) is 12.1 Å². The molecule has 2 rings (SSSR count). The van der Waals surface area contributed by atoms with Crippen molar-refractivity contribution in [1.29, 1.82) is 0 Å². The van der Waals surface area contributed by atoms with Crippen LogP contribution in [-0.2, 0) is 10.9 Å². The second-order valence-electron chi connectivity index (χ2n) is 2.95. The third-order valence-electron chi connectivity index (χ3n) is 1.92. The highest BCUT2D eigenvalue weighted by Crippen LogP contribution is 2.30. The largest absolute Gasteiger partial charge is 0.479 e. The summed E-state index contributed by atoms with van der Waals surface area (Å²) in [5.74, 6) is 0.221. The first kappa shape index (κ1) is 9.82. The molecule has 0 amide bonds.